The lowest BCUT2D eigenvalue weighted by Gasteiger charge is -2.26. The lowest BCUT2D eigenvalue weighted by atomic mass is 9.99. The van der Waals surface area contributed by atoms with Gasteiger partial charge in [0.05, 0.1) is 6.04 Å². The molecule has 0 spiro atoms. The second-order valence-corrected chi connectivity index (χ2v) is 8.04. The minimum Gasteiger partial charge on any atom is -0.381 e. The Bertz CT molecular complexity index is 1110. The van der Waals surface area contributed by atoms with E-state index < -0.39 is 35.9 Å². The van der Waals surface area contributed by atoms with Crippen molar-refractivity contribution in [2.45, 2.75) is 24.6 Å². The number of hydrogen-bond donors (Lipinski definition) is 4. The summed E-state index contributed by atoms with van der Waals surface area (Å²) in [5.74, 6) is -2.07. The van der Waals surface area contributed by atoms with Gasteiger partial charge < -0.3 is 21.5 Å². The minimum atomic E-state index is -1.68. The molecule has 9 heteroatoms. The van der Waals surface area contributed by atoms with E-state index in [0.717, 1.165) is 0 Å². The number of nitrogens with zero attached hydrogens (tertiary/aromatic N) is 1. The standard InChI is InChI=1S/C24H23BrN4O4/c25-21-17(12-7-13-27-21)14-18(22(26)31)28-24(33)20(30)19(15-8-3-1-4-9-15)29-23(32)16-10-5-2-6-11-16/h1-13,18-20,30H,14H2,(H2,26,31)(H,28,33)(H,29,32)/t18-,19+,20-/m1/s1. The van der Waals surface area contributed by atoms with E-state index in [9.17, 15) is 19.5 Å². The van der Waals surface area contributed by atoms with Crippen LogP contribution in [0.4, 0.5) is 0 Å². The molecule has 0 saturated carbocycles. The van der Waals surface area contributed by atoms with Gasteiger partial charge in [0, 0.05) is 18.2 Å². The van der Waals surface area contributed by atoms with Crippen LogP contribution >= 0.6 is 15.9 Å². The van der Waals surface area contributed by atoms with Gasteiger partial charge in [0.2, 0.25) is 5.91 Å². The third kappa shape index (κ3) is 6.47. The number of pyridine rings is 1. The van der Waals surface area contributed by atoms with Crippen molar-refractivity contribution >= 4 is 33.7 Å². The molecule has 33 heavy (non-hydrogen) atoms. The number of primary amides is 1. The van der Waals surface area contributed by atoms with Gasteiger partial charge in [-0.15, -0.1) is 0 Å². The number of aliphatic hydroxyl groups is 1. The van der Waals surface area contributed by atoms with Crippen molar-refractivity contribution in [3.05, 3.63) is 100 Å². The summed E-state index contributed by atoms with van der Waals surface area (Å²) in [5, 5.41) is 16.1. The van der Waals surface area contributed by atoms with Crippen molar-refractivity contribution in [3.8, 4) is 0 Å². The number of nitrogens with two attached hydrogens (primary N) is 1. The number of benzene rings is 2. The van der Waals surface area contributed by atoms with Crippen LogP contribution in [0.2, 0.25) is 0 Å². The van der Waals surface area contributed by atoms with Crippen molar-refractivity contribution in [1.29, 1.82) is 0 Å². The van der Waals surface area contributed by atoms with Gasteiger partial charge >= 0.3 is 0 Å². The Balaban J connectivity index is 1.79. The van der Waals surface area contributed by atoms with Crippen LogP contribution in [0.15, 0.2) is 83.6 Å². The fourth-order valence-electron chi connectivity index (χ4n) is 3.24. The third-order valence-electron chi connectivity index (χ3n) is 4.99. The molecule has 0 radical (unpaired) electrons. The summed E-state index contributed by atoms with van der Waals surface area (Å²) in [7, 11) is 0. The lowest BCUT2D eigenvalue weighted by Crippen LogP contribution is -2.52. The van der Waals surface area contributed by atoms with Gasteiger partial charge in [-0.2, -0.15) is 0 Å². The van der Waals surface area contributed by atoms with Gasteiger partial charge in [-0.25, -0.2) is 4.98 Å². The predicted octanol–water partition coefficient (Wildman–Crippen LogP) is 1.89. The number of aliphatic hydroxyl groups excluding tert-OH is 1. The summed E-state index contributed by atoms with van der Waals surface area (Å²) in [5.41, 5.74) is 7.05. The number of halogens is 1. The van der Waals surface area contributed by atoms with Crippen LogP contribution < -0.4 is 16.4 Å². The molecule has 0 aliphatic heterocycles. The first kappa shape index (κ1) is 24.1. The van der Waals surface area contributed by atoms with Crippen molar-refractivity contribution in [3.63, 3.8) is 0 Å². The fraction of sp³-hybridized carbons (Fsp3) is 0.167. The molecule has 3 rings (SSSR count). The molecule has 0 aliphatic carbocycles. The molecule has 0 saturated heterocycles. The van der Waals surface area contributed by atoms with Gasteiger partial charge in [0.25, 0.3) is 11.8 Å². The summed E-state index contributed by atoms with van der Waals surface area (Å²) >= 11 is 3.30. The van der Waals surface area contributed by atoms with E-state index >= 15 is 0 Å². The predicted molar refractivity (Wildman–Crippen MR) is 126 cm³/mol. The average molecular weight is 511 g/mol. The zero-order valence-corrected chi connectivity index (χ0v) is 19.1. The van der Waals surface area contributed by atoms with Crippen LogP contribution in [0, 0.1) is 0 Å². The monoisotopic (exact) mass is 510 g/mol. The Kier molecular flexibility index (Phi) is 8.28. The second kappa shape index (κ2) is 11.3. The summed E-state index contributed by atoms with van der Waals surface area (Å²) in [4.78, 5) is 41.7. The highest BCUT2D eigenvalue weighted by atomic mass is 79.9. The summed E-state index contributed by atoms with van der Waals surface area (Å²) in [6.45, 7) is 0. The molecule has 0 bridgehead atoms. The van der Waals surface area contributed by atoms with E-state index in [1.165, 1.54) is 0 Å². The Morgan fingerprint density at radius 1 is 0.939 bits per heavy atom. The molecule has 8 nitrogen and oxygen atoms in total. The number of amides is 3. The molecule has 3 aromatic rings. The average Bonchev–Trinajstić information content (AvgIpc) is 2.83. The van der Waals surface area contributed by atoms with E-state index in [1.807, 2.05) is 0 Å². The topological polar surface area (TPSA) is 134 Å². The van der Waals surface area contributed by atoms with Crippen LogP contribution in [0.1, 0.15) is 27.5 Å². The normalized spacial score (nSPS) is 13.4. The Morgan fingerprint density at radius 3 is 2.18 bits per heavy atom. The zero-order chi connectivity index (χ0) is 23.8. The molecule has 3 amide bonds. The largest absolute Gasteiger partial charge is 0.381 e. The molecule has 1 aromatic heterocycles. The van der Waals surface area contributed by atoms with Gasteiger partial charge in [-0.3, -0.25) is 14.4 Å². The summed E-state index contributed by atoms with van der Waals surface area (Å²) < 4.78 is 0.517. The Morgan fingerprint density at radius 2 is 1.58 bits per heavy atom. The molecule has 1 heterocycles. The van der Waals surface area contributed by atoms with Gasteiger partial charge in [-0.1, -0.05) is 54.6 Å². The maximum Gasteiger partial charge on any atom is 0.252 e. The maximum absolute atomic E-state index is 12.9. The van der Waals surface area contributed by atoms with E-state index in [0.29, 0.717) is 21.3 Å². The molecule has 2 aromatic carbocycles. The highest BCUT2D eigenvalue weighted by Crippen LogP contribution is 2.19. The molecule has 0 unspecified atom stereocenters. The van der Waals surface area contributed by atoms with E-state index in [1.54, 1.807) is 79.0 Å². The zero-order valence-electron chi connectivity index (χ0n) is 17.5. The van der Waals surface area contributed by atoms with Gasteiger partial charge in [0.1, 0.15) is 10.6 Å². The molecular weight excluding hydrogens is 488 g/mol. The van der Waals surface area contributed by atoms with E-state index in [4.69, 9.17) is 5.73 Å². The fourth-order valence-corrected chi connectivity index (χ4v) is 3.65. The van der Waals surface area contributed by atoms with Crippen molar-refractivity contribution in [1.82, 2.24) is 15.6 Å². The quantitative estimate of drug-likeness (QED) is 0.326. The number of carbonyl (C=O) groups is 3. The third-order valence-corrected chi connectivity index (χ3v) is 5.70. The first-order valence-corrected chi connectivity index (χ1v) is 10.9. The molecule has 0 fully saturated rings. The maximum atomic E-state index is 12.9. The van der Waals surface area contributed by atoms with Crippen molar-refractivity contribution < 1.29 is 19.5 Å². The molecule has 3 atom stereocenters. The van der Waals surface area contributed by atoms with Crippen LogP contribution in [-0.4, -0.2) is 40.0 Å². The number of aromatic nitrogens is 1. The second-order valence-electron chi connectivity index (χ2n) is 7.29. The molecular formula is C24H23BrN4O4. The number of hydrogen-bond acceptors (Lipinski definition) is 5. The first-order chi connectivity index (χ1) is 15.9. The minimum absolute atomic E-state index is 0.0780. The smallest absolute Gasteiger partial charge is 0.252 e. The highest BCUT2D eigenvalue weighted by Gasteiger charge is 2.32. The lowest BCUT2D eigenvalue weighted by molar-refractivity contribution is -0.134. The summed E-state index contributed by atoms with van der Waals surface area (Å²) in [6.07, 6.45) is -0.0248. The Labute approximate surface area is 199 Å². The number of nitrogens with one attached hydrogen (secondary N) is 2. The first-order valence-electron chi connectivity index (χ1n) is 10.1. The Hall–Kier alpha value is -3.56. The van der Waals surface area contributed by atoms with E-state index in [-0.39, 0.29) is 6.42 Å². The molecule has 5 N–H and O–H groups in total. The van der Waals surface area contributed by atoms with Gasteiger partial charge in [0.15, 0.2) is 6.10 Å². The summed E-state index contributed by atoms with van der Waals surface area (Å²) in [6, 6.07) is 18.3. The molecule has 170 valence electrons. The van der Waals surface area contributed by atoms with Crippen molar-refractivity contribution in [2.75, 3.05) is 0 Å². The van der Waals surface area contributed by atoms with Gasteiger partial charge in [-0.05, 0) is 45.3 Å². The van der Waals surface area contributed by atoms with Crippen LogP contribution in [0.5, 0.6) is 0 Å². The van der Waals surface area contributed by atoms with Crippen LogP contribution in [-0.2, 0) is 16.0 Å². The molecule has 0 aliphatic rings. The highest BCUT2D eigenvalue weighted by molar-refractivity contribution is 9.10. The van der Waals surface area contributed by atoms with Crippen molar-refractivity contribution in [2.24, 2.45) is 5.73 Å². The SMILES string of the molecule is NC(=O)[C@@H](Cc1cccnc1Br)NC(=O)[C@H](O)[C@@H](NC(=O)c1ccccc1)c1ccccc1. The van der Waals surface area contributed by atoms with Crippen LogP contribution in [0.3, 0.4) is 0 Å². The van der Waals surface area contributed by atoms with Crippen LogP contribution in [0.25, 0.3) is 0 Å². The van der Waals surface area contributed by atoms with E-state index in [2.05, 4.69) is 31.5 Å². The number of rotatable bonds is 9. The number of carbonyl (C=O) groups excluding carboxylic acids is 3.